The van der Waals surface area contributed by atoms with E-state index in [-0.39, 0.29) is 0 Å². The standard InChI is InChI=1S/C32H22N2S/c1-19-9-11-21-17-33-29(15-23(21)13-19)27-7-3-5-25-26-6-4-8-28(32(26)35-31(25)27)30-16-24-14-20(2)10-12-22(24)18-34-30/h3-18H,1-2H3. The van der Waals surface area contributed by atoms with Crippen LogP contribution >= 0.6 is 11.3 Å². The summed E-state index contributed by atoms with van der Waals surface area (Å²) in [5.41, 5.74) is 6.91. The molecule has 4 aromatic carbocycles. The van der Waals surface area contributed by atoms with Crippen LogP contribution in [0.3, 0.4) is 0 Å². The maximum Gasteiger partial charge on any atom is 0.0722 e. The van der Waals surface area contributed by atoms with Gasteiger partial charge in [0.15, 0.2) is 0 Å². The van der Waals surface area contributed by atoms with Crippen molar-refractivity contribution in [3.05, 3.63) is 108 Å². The first-order valence-corrected chi connectivity index (χ1v) is 12.6. The lowest BCUT2D eigenvalue weighted by Gasteiger charge is -2.05. The van der Waals surface area contributed by atoms with Crippen molar-refractivity contribution >= 4 is 53.1 Å². The van der Waals surface area contributed by atoms with Crippen molar-refractivity contribution in [3.63, 3.8) is 0 Å². The monoisotopic (exact) mass is 466 g/mol. The highest BCUT2D eigenvalue weighted by Crippen LogP contribution is 2.43. The molecule has 0 atom stereocenters. The molecular weight excluding hydrogens is 444 g/mol. The highest BCUT2D eigenvalue weighted by atomic mass is 32.1. The van der Waals surface area contributed by atoms with Crippen LogP contribution < -0.4 is 0 Å². The van der Waals surface area contributed by atoms with Crippen LogP contribution in [-0.4, -0.2) is 9.97 Å². The summed E-state index contributed by atoms with van der Waals surface area (Å²) in [4.78, 5) is 9.69. The molecule has 0 spiro atoms. The Hall–Kier alpha value is -4.08. The van der Waals surface area contributed by atoms with Gasteiger partial charge in [-0.2, -0.15) is 0 Å². The van der Waals surface area contributed by atoms with Crippen LogP contribution in [0.15, 0.2) is 97.3 Å². The molecule has 0 fully saturated rings. The van der Waals surface area contributed by atoms with Gasteiger partial charge in [-0.25, -0.2) is 0 Å². The molecule has 7 aromatic rings. The topological polar surface area (TPSA) is 25.8 Å². The minimum absolute atomic E-state index is 1.01. The number of aryl methyl sites for hydroxylation is 2. The molecule has 0 N–H and O–H groups in total. The van der Waals surface area contributed by atoms with Crippen LogP contribution in [0.2, 0.25) is 0 Å². The molecule has 0 amide bonds. The van der Waals surface area contributed by atoms with Gasteiger partial charge in [0.2, 0.25) is 0 Å². The highest BCUT2D eigenvalue weighted by Gasteiger charge is 2.15. The second-order valence-electron chi connectivity index (χ2n) is 9.31. The number of rotatable bonds is 2. The van der Waals surface area contributed by atoms with Crippen molar-refractivity contribution in [2.75, 3.05) is 0 Å². The average molecular weight is 467 g/mol. The SMILES string of the molecule is Cc1ccc2cnc(-c3cccc4c3sc3c(-c5cc6cc(C)ccc6cn5)cccc34)cc2c1. The Morgan fingerprint density at radius 3 is 1.49 bits per heavy atom. The Morgan fingerprint density at radius 2 is 1.00 bits per heavy atom. The fourth-order valence-corrected chi connectivity index (χ4v) is 6.38. The predicted molar refractivity (Wildman–Crippen MR) is 150 cm³/mol. The molecule has 7 rings (SSSR count). The first kappa shape index (κ1) is 20.3. The quantitative estimate of drug-likeness (QED) is 0.254. The Bertz CT molecular complexity index is 1790. The molecule has 0 saturated carbocycles. The zero-order valence-electron chi connectivity index (χ0n) is 19.5. The Balaban J connectivity index is 1.46. The van der Waals surface area contributed by atoms with Crippen LogP contribution in [0.4, 0.5) is 0 Å². The summed E-state index contributed by atoms with van der Waals surface area (Å²) in [6.07, 6.45) is 3.98. The largest absolute Gasteiger partial charge is 0.256 e. The van der Waals surface area contributed by atoms with Gasteiger partial charge in [-0.3, -0.25) is 9.97 Å². The molecule has 0 aliphatic heterocycles. The number of hydrogen-bond acceptors (Lipinski definition) is 3. The number of thiophene rings is 1. The number of fused-ring (bicyclic) bond motifs is 5. The lowest BCUT2D eigenvalue weighted by atomic mass is 10.0. The third kappa shape index (κ3) is 3.31. The van der Waals surface area contributed by atoms with Gasteiger partial charge in [-0.15, -0.1) is 11.3 Å². The van der Waals surface area contributed by atoms with Crippen molar-refractivity contribution in [1.82, 2.24) is 9.97 Å². The maximum absolute atomic E-state index is 4.84. The Labute approximate surface area is 207 Å². The van der Waals surface area contributed by atoms with Gasteiger partial charge in [0.05, 0.1) is 11.4 Å². The lowest BCUT2D eigenvalue weighted by molar-refractivity contribution is 1.36. The van der Waals surface area contributed by atoms with E-state index >= 15 is 0 Å². The van der Waals surface area contributed by atoms with E-state index in [1.54, 1.807) is 0 Å². The third-order valence-corrected chi connectivity index (χ3v) is 8.12. The Kier molecular flexibility index (Phi) is 4.48. The molecule has 0 aliphatic carbocycles. The second-order valence-corrected chi connectivity index (χ2v) is 10.3. The molecule has 2 nitrogen and oxygen atoms in total. The molecule has 166 valence electrons. The van der Waals surface area contributed by atoms with Crippen LogP contribution in [0.5, 0.6) is 0 Å². The van der Waals surface area contributed by atoms with Crippen molar-refractivity contribution in [2.24, 2.45) is 0 Å². The van der Waals surface area contributed by atoms with Crippen LogP contribution in [-0.2, 0) is 0 Å². The van der Waals surface area contributed by atoms with Gasteiger partial charge < -0.3 is 0 Å². The summed E-state index contributed by atoms with van der Waals surface area (Å²) in [7, 11) is 0. The highest BCUT2D eigenvalue weighted by molar-refractivity contribution is 7.26. The van der Waals surface area contributed by atoms with E-state index in [0.717, 1.165) is 11.4 Å². The molecule has 0 radical (unpaired) electrons. The van der Waals surface area contributed by atoms with E-state index in [1.807, 2.05) is 23.7 Å². The first-order valence-electron chi connectivity index (χ1n) is 11.8. The number of aromatic nitrogens is 2. The normalized spacial score (nSPS) is 11.7. The fraction of sp³-hybridized carbons (Fsp3) is 0.0625. The lowest BCUT2D eigenvalue weighted by Crippen LogP contribution is -1.85. The summed E-state index contributed by atoms with van der Waals surface area (Å²) in [5.74, 6) is 0. The van der Waals surface area contributed by atoms with E-state index in [4.69, 9.17) is 9.97 Å². The molecule has 0 unspecified atom stereocenters. The zero-order valence-corrected chi connectivity index (χ0v) is 20.4. The summed E-state index contributed by atoms with van der Waals surface area (Å²) < 4.78 is 2.54. The van der Waals surface area contributed by atoms with Gasteiger partial charge in [0.25, 0.3) is 0 Å². The van der Waals surface area contributed by atoms with Crippen molar-refractivity contribution in [3.8, 4) is 22.5 Å². The molecule has 3 heteroatoms. The molecule has 3 heterocycles. The van der Waals surface area contributed by atoms with Gasteiger partial charge in [-0.05, 0) is 36.8 Å². The van der Waals surface area contributed by atoms with E-state index in [9.17, 15) is 0 Å². The van der Waals surface area contributed by atoms with E-state index in [1.165, 1.54) is 64.0 Å². The van der Waals surface area contributed by atoms with E-state index in [2.05, 4.69) is 98.8 Å². The molecule has 0 bridgehead atoms. The predicted octanol–water partition coefficient (Wildman–Crippen LogP) is 9.10. The van der Waals surface area contributed by atoms with Gasteiger partial charge in [0.1, 0.15) is 0 Å². The van der Waals surface area contributed by atoms with Crippen molar-refractivity contribution in [1.29, 1.82) is 0 Å². The average Bonchev–Trinajstić information content (AvgIpc) is 3.27. The number of nitrogens with zero attached hydrogens (tertiary/aromatic N) is 2. The summed E-state index contributed by atoms with van der Waals surface area (Å²) in [6.45, 7) is 4.27. The Morgan fingerprint density at radius 1 is 0.514 bits per heavy atom. The summed E-state index contributed by atoms with van der Waals surface area (Å²) in [6, 6.07) is 30.6. The maximum atomic E-state index is 4.84. The molecule has 0 aliphatic rings. The van der Waals surface area contributed by atoms with Crippen LogP contribution in [0.1, 0.15) is 11.1 Å². The minimum Gasteiger partial charge on any atom is -0.256 e. The number of hydrogen-bond donors (Lipinski definition) is 0. The van der Waals surface area contributed by atoms with Gasteiger partial charge >= 0.3 is 0 Å². The van der Waals surface area contributed by atoms with E-state index in [0.29, 0.717) is 0 Å². The van der Waals surface area contributed by atoms with Crippen LogP contribution in [0.25, 0.3) is 64.2 Å². The van der Waals surface area contributed by atoms with Crippen molar-refractivity contribution in [2.45, 2.75) is 13.8 Å². The van der Waals surface area contributed by atoms with Gasteiger partial charge in [0, 0.05) is 54.5 Å². The van der Waals surface area contributed by atoms with Crippen LogP contribution in [0, 0.1) is 13.8 Å². The van der Waals surface area contributed by atoms with Gasteiger partial charge in [-0.1, -0.05) is 83.9 Å². The minimum atomic E-state index is 1.01. The third-order valence-electron chi connectivity index (χ3n) is 6.83. The zero-order chi connectivity index (χ0) is 23.5. The molecule has 0 saturated heterocycles. The number of pyridine rings is 2. The second kappa shape index (κ2) is 7.72. The summed E-state index contributed by atoms with van der Waals surface area (Å²) >= 11 is 1.84. The van der Waals surface area contributed by atoms with Crippen molar-refractivity contribution < 1.29 is 0 Å². The van der Waals surface area contributed by atoms with E-state index < -0.39 is 0 Å². The number of benzene rings is 4. The molecule has 3 aromatic heterocycles. The fourth-order valence-electron chi connectivity index (χ4n) is 5.04. The summed E-state index contributed by atoms with van der Waals surface area (Å²) in [5, 5.41) is 7.33. The molecule has 35 heavy (non-hydrogen) atoms. The smallest absolute Gasteiger partial charge is 0.0722 e. The first-order chi connectivity index (χ1) is 17.1. The molecular formula is C32H22N2S.